The molecule has 0 saturated carbocycles. The first-order valence-corrected chi connectivity index (χ1v) is 7.72. The second kappa shape index (κ2) is 7.18. The van der Waals surface area contributed by atoms with Gasteiger partial charge >= 0.3 is 6.09 Å². The van der Waals surface area contributed by atoms with Gasteiger partial charge in [-0.05, 0) is 47.6 Å². The minimum atomic E-state index is -0.513. The van der Waals surface area contributed by atoms with Crippen LogP contribution in [0.25, 0.3) is 0 Å². The van der Waals surface area contributed by atoms with E-state index in [-0.39, 0.29) is 11.6 Å². The molecule has 1 aromatic rings. The predicted molar refractivity (Wildman–Crippen MR) is 90.4 cm³/mol. The summed E-state index contributed by atoms with van der Waals surface area (Å²) in [4.78, 5) is 18.1. The predicted octanol–water partition coefficient (Wildman–Crippen LogP) is 4.18. The van der Waals surface area contributed by atoms with Gasteiger partial charge in [0.1, 0.15) is 5.60 Å². The van der Waals surface area contributed by atoms with Crippen LogP contribution >= 0.6 is 11.6 Å². The molecule has 0 atom stereocenters. The maximum absolute atomic E-state index is 12.4. The van der Waals surface area contributed by atoms with Crippen molar-refractivity contribution in [2.75, 3.05) is 18.4 Å². The third-order valence-corrected chi connectivity index (χ3v) is 3.17. The second-order valence-corrected chi connectivity index (χ2v) is 7.49. The lowest BCUT2D eigenvalue weighted by Crippen LogP contribution is -2.49. The van der Waals surface area contributed by atoms with E-state index in [0.717, 1.165) is 5.69 Å². The van der Waals surface area contributed by atoms with Gasteiger partial charge in [-0.25, -0.2) is 4.79 Å². The molecule has 0 aliphatic carbocycles. The molecule has 0 bridgehead atoms. The summed E-state index contributed by atoms with van der Waals surface area (Å²) in [5.74, 6) is 0. The van der Waals surface area contributed by atoms with Crippen LogP contribution in [-0.2, 0) is 4.74 Å². The molecule has 6 heteroatoms. The van der Waals surface area contributed by atoms with Crippen LogP contribution in [-0.4, -0.2) is 40.2 Å². The molecule has 0 fully saturated rings. The van der Waals surface area contributed by atoms with Crippen LogP contribution in [0.1, 0.15) is 41.5 Å². The van der Waals surface area contributed by atoms with E-state index in [0.29, 0.717) is 18.1 Å². The molecular formula is C16H26ClN3O2. The maximum atomic E-state index is 12.4. The van der Waals surface area contributed by atoms with Gasteiger partial charge in [-0.15, -0.1) is 0 Å². The van der Waals surface area contributed by atoms with E-state index < -0.39 is 5.60 Å². The molecule has 0 aromatic carbocycles. The number of nitrogens with one attached hydrogen (secondary N) is 1. The highest BCUT2D eigenvalue weighted by Gasteiger charge is 2.30. The Hall–Kier alpha value is -1.49. The van der Waals surface area contributed by atoms with Crippen molar-refractivity contribution in [2.24, 2.45) is 0 Å². The Labute approximate surface area is 138 Å². The van der Waals surface area contributed by atoms with E-state index in [4.69, 9.17) is 16.3 Å². The maximum Gasteiger partial charge on any atom is 0.410 e. The number of hydrogen-bond donors (Lipinski definition) is 1. The molecule has 1 aromatic heterocycles. The molecule has 0 aliphatic heterocycles. The fraction of sp³-hybridized carbons (Fsp3) is 0.625. The van der Waals surface area contributed by atoms with E-state index in [9.17, 15) is 4.79 Å². The van der Waals surface area contributed by atoms with Gasteiger partial charge in [0.25, 0.3) is 0 Å². The van der Waals surface area contributed by atoms with E-state index in [1.165, 1.54) is 0 Å². The summed E-state index contributed by atoms with van der Waals surface area (Å²) < 4.78 is 5.47. The van der Waals surface area contributed by atoms with Crippen molar-refractivity contribution in [3.05, 3.63) is 23.5 Å². The van der Waals surface area contributed by atoms with Crippen molar-refractivity contribution in [2.45, 2.75) is 52.7 Å². The molecule has 1 heterocycles. The zero-order valence-corrected chi connectivity index (χ0v) is 15.0. The summed E-state index contributed by atoms with van der Waals surface area (Å²) in [5.41, 5.74) is -0.0918. The Bertz CT molecular complexity index is 507. The number of ether oxygens (including phenoxy) is 1. The molecule has 0 unspecified atom stereocenters. The lowest BCUT2D eigenvalue weighted by atomic mass is 10.1. The number of carbonyl (C=O) groups excluding carboxylic acids is 1. The molecule has 0 saturated heterocycles. The van der Waals surface area contributed by atoms with Crippen molar-refractivity contribution in [3.63, 3.8) is 0 Å². The minimum absolute atomic E-state index is 0.320. The Morgan fingerprint density at radius 3 is 2.45 bits per heavy atom. The first-order valence-electron chi connectivity index (χ1n) is 7.35. The third-order valence-electron chi connectivity index (χ3n) is 2.84. The molecule has 1 rings (SSSR count). The quantitative estimate of drug-likeness (QED) is 0.901. The van der Waals surface area contributed by atoms with Crippen LogP contribution in [0, 0.1) is 0 Å². The zero-order valence-electron chi connectivity index (χ0n) is 14.2. The Morgan fingerprint density at radius 2 is 1.95 bits per heavy atom. The van der Waals surface area contributed by atoms with Crippen molar-refractivity contribution in [1.29, 1.82) is 0 Å². The van der Waals surface area contributed by atoms with Crippen LogP contribution < -0.4 is 5.32 Å². The van der Waals surface area contributed by atoms with Crippen molar-refractivity contribution < 1.29 is 9.53 Å². The molecule has 1 amide bonds. The number of halogens is 1. The highest BCUT2D eigenvalue weighted by atomic mass is 35.5. The lowest BCUT2D eigenvalue weighted by molar-refractivity contribution is 0.00749. The van der Waals surface area contributed by atoms with Gasteiger partial charge in [-0.3, -0.25) is 4.98 Å². The second-order valence-electron chi connectivity index (χ2n) is 7.09. The van der Waals surface area contributed by atoms with Gasteiger partial charge in [-0.2, -0.15) is 0 Å². The number of rotatable bonds is 4. The Kier molecular flexibility index (Phi) is 6.06. The van der Waals surface area contributed by atoms with Crippen molar-refractivity contribution >= 4 is 23.4 Å². The molecule has 22 heavy (non-hydrogen) atoms. The average molecular weight is 328 g/mol. The smallest absolute Gasteiger partial charge is 0.410 e. The van der Waals surface area contributed by atoms with Crippen molar-refractivity contribution in [3.8, 4) is 0 Å². The lowest BCUT2D eigenvalue weighted by Gasteiger charge is -2.37. The third kappa shape index (κ3) is 6.10. The fourth-order valence-corrected chi connectivity index (χ4v) is 2.00. The normalized spacial score (nSPS) is 12.0. The first kappa shape index (κ1) is 18.6. The van der Waals surface area contributed by atoms with Gasteiger partial charge in [0, 0.05) is 24.8 Å². The van der Waals surface area contributed by atoms with Gasteiger partial charge in [0.15, 0.2) is 0 Å². The average Bonchev–Trinajstić information content (AvgIpc) is 2.32. The number of anilines is 1. The van der Waals surface area contributed by atoms with Crippen LogP contribution in [0.2, 0.25) is 5.02 Å². The summed E-state index contributed by atoms with van der Waals surface area (Å²) in [6.07, 6.45) is 2.98. The highest BCUT2D eigenvalue weighted by Crippen LogP contribution is 2.20. The van der Waals surface area contributed by atoms with E-state index >= 15 is 0 Å². The van der Waals surface area contributed by atoms with Crippen molar-refractivity contribution in [1.82, 2.24) is 9.88 Å². The van der Waals surface area contributed by atoms with Gasteiger partial charge in [0.2, 0.25) is 0 Å². The highest BCUT2D eigenvalue weighted by molar-refractivity contribution is 6.33. The molecule has 0 spiro atoms. The summed E-state index contributed by atoms with van der Waals surface area (Å²) in [7, 11) is 0. The summed E-state index contributed by atoms with van der Waals surface area (Å²) >= 11 is 6.07. The molecule has 124 valence electrons. The summed E-state index contributed by atoms with van der Waals surface area (Å²) in [6, 6.07) is 1.72. The van der Waals surface area contributed by atoms with Gasteiger partial charge in [0.05, 0.1) is 16.9 Å². The Balaban J connectivity index is 2.67. The van der Waals surface area contributed by atoms with Gasteiger partial charge < -0.3 is 15.0 Å². The standard InChI is InChI=1S/C16H26ClN3O2/c1-15(2,3)20(14(21)22-16(4,5)6)10-9-19-13-11-18-8-7-12(13)17/h7-8,11,19H,9-10H2,1-6H3. The largest absolute Gasteiger partial charge is 0.444 e. The monoisotopic (exact) mass is 327 g/mol. The number of carbonyl (C=O) groups is 1. The molecule has 0 radical (unpaired) electrons. The number of pyridine rings is 1. The Morgan fingerprint density at radius 1 is 1.32 bits per heavy atom. The number of amides is 1. The van der Waals surface area contributed by atoms with E-state index in [1.54, 1.807) is 23.4 Å². The van der Waals surface area contributed by atoms with Crippen LogP contribution in [0.15, 0.2) is 18.5 Å². The first-order chi connectivity index (χ1) is 10.0. The number of nitrogens with zero attached hydrogens (tertiary/aromatic N) is 2. The topological polar surface area (TPSA) is 54.5 Å². The zero-order chi connectivity index (χ0) is 17.0. The van der Waals surface area contributed by atoms with Crippen LogP contribution in [0.3, 0.4) is 0 Å². The van der Waals surface area contributed by atoms with Crippen LogP contribution in [0.4, 0.5) is 10.5 Å². The van der Waals surface area contributed by atoms with Gasteiger partial charge in [-0.1, -0.05) is 11.6 Å². The van der Waals surface area contributed by atoms with Crippen LogP contribution in [0.5, 0.6) is 0 Å². The molecule has 0 aliphatic rings. The summed E-state index contributed by atoms with van der Waals surface area (Å²) in [5, 5.41) is 3.80. The SMILES string of the molecule is CC(C)(C)OC(=O)N(CCNc1cnccc1Cl)C(C)(C)C. The fourth-order valence-electron chi connectivity index (χ4n) is 1.83. The molecule has 1 N–H and O–H groups in total. The number of hydrogen-bond acceptors (Lipinski definition) is 4. The molecular weight excluding hydrogens is 302 g/mol. The summed E-state index contributed by atoms with van der Waals surface area (Å²) in [6.45, 7) is 12.6. The van der Waals surface area contributed by atoms with E-state index in [1.807, 2.05) is 41.5 Å². The van der Waals surface area contributed by atoms with E-state index in [2.05, 4.69) is 10.3 Å². The minimum Gasteiger partial charge on any atom is -0.444 e. The molecule has 5 nitrogen and oxygen atoms in total. The number of aromatic nitrogens is 1.